The average molecular weight is 545 g/mol. The Hall–Kier alpha value is -3.10. The van der Waals surface area contributed by atoms with Crippen molar-refractivity contribution in [3.63, 3.8) is 0 Å². The van der Waals surface area contributed by atoms with Crippen LogP contribution in [0.2, 0.25) is 5.02 Å². The van der Waals surface area contributed by atoms with E-state index in [0.717, 1.165) is 10.0 Å². The molecule has 1 saturated heterocycles. The van der Waals surface area contributed by atoms with Crippen LogP contribution in [0.25, 0.3) is 5.76 Å². The minimum absolute atomic E-state index is 0.0333. The SMILES string of the molecule is CCOc1ccc(C(O)=C2C(=O)C(=O)N(CCCn3ccnc3)[C@H]2c2cccc(Br)c2)cc1Cl. The summed E-state index contributed by atoms with van der Waals surface area (Å²) in [6.45, 7) is 3.26. The lowest BCUT2D eigenvalue weighted by Crippen LogP contribution is -2.31. The molecule has 0 bridgehead atoms. The van der Waals surface area contributed by atoms with E-state index in [-0.39, 0.29) is 11.3 Å². The van der Waals surface area contributed by atoms with E-state index in [1.165, 1.54) is 11.0 Å². The number of ketones is 1. The van der Waals surface area contributed by atoms with Crippen molar-refractivity contribution >= 4 is 45.0 Å². The molecule has 0 spiro atoms. The van der Waals surface area contributed by atoms with Gasteiger partial charge in [0.25, 0.3) is 11.7 Å². The van der Waals surface area contributed by atoms with Crippen molar-refractivity contribution in [3.8, 4) is 5.75 Å². The maximum Gasteiger partial charge on any atom is 0.295 e. The quantitative estimate of drug-likeness (QED) is 0.239. The molecule has 0 radical (unpaired) electrons. The van der Waals surface area contributed by atoms with Gasteiger partial charge in [-0.15, -0.1) is 0 Å². The van der Waals surface area contributed by atoms with Crippen molar-refractivity contribution < 1.29 is 19.4 Å². The number of Topliss-reactive ketones (excluding diaryl/α,β-unsaturated/α-hetero) is 1. The zero-order valence-electron chi connectivity index (χ0n) is 18.4. The number of aliphatic hydroxyl groups is 1. The number of rotatable bonds is 8. The smallest absolute Gasteiger partial charge is 0.295 e. The zero-order valence-corrected chi connectivity index (χ0v) is 20.8. The fraction of sp³-hybridized carbons (Fsp3) is 0.240. The number of halogens is 2. The predicted octanol–water partition coefficient (Wildman–Crippen LogP) is 5.21. The molecule has 4 rings (SSSR count). The molecule has 3 aromatic rings. The summed E-state index contributed by atoms with van der Waals surface area (Å²) in [4.78, 5) is 31.8. The Morgan fingerprint density at radius 1 is 1.21 bits per heavy atom. The minimum Gasteiger partial charge on any atom is -0.507 e. The molecular formula is C25H23BrClN3O4. The maximum atomic E-state index is 13.2. The lowest BCUT2D eigenvalue weighted by molar-refractivity contribution is -0.139. The van der Waals surface area contributed by atoms with Crippen LogP contribution in [0.1, 0.15) is 30.5 Å². The van der Waals surface area contributed by atoms with Crippen molar-refractivity contribution in [3.05, 3.63) is 87.4 Å². The van der Waals surface area contributed by atoms with E-state index in [4.69, 9.17) is 16.3 Å². The molecule has 176 valence electrons. The molecule has 7 nitrogen and oxygen atoms in total. The van der Waals surface area contributed by atoms with Gasteiger partial charge in [-0.05, 0) is 49.2 Å². The summed E-state index contributed by atoms with van der Waals surface area (Å²) in [6.07, 6.45) is 5.85. The van der Waals surface area contributed by atoms with Crippen LogP contribution in [-0.4, -0.2) is 44.4 Å². The summed E-state index contributed by atoms with van der Waals surface area (Å²) < 4.78 is 8.17. The lowest BCUT2D eigenvalue weighted by atomic mass is 9.95. The topological polar surface area (TPSA) is 84.7 Å². The molecule has 1 fully saturated rings. The number of hydrogen-bond acceptors (Lipinski definition) is 5. The first-order chi connectivity index (χ1) is 16.4. The second-order valence-electron chi connectivity index (χ2n) is 7.78. The molecule has 1 aliphatic heterocycles. The van der Waals surface area contributed by atoms with Crippen LogP contribution in [0.4, 0.5) is 0 Å². The summed E-state index contributed by atoms with van der Waals surface area (Å²) in [5, 5.41) is 11.5. The van der Waals surface area contributed by atoms with Gasteiger partial charge in [-0.2, -0.15) is 0 Å². The van der Waals surface area contributed by atoms with Gasteiger partial charge in [0, 0.05) is 35.5 Å². The molecule has 2 aromatic carbocycles. The van der Waals surface area contributed by atoms with Crippen molar-refractivity contribution in [1.82, 2.24) is 14.5 Å². The molecule has 0 saturated carbocycles. The van der Waals surface area contributed by atoms with Crippen LogP contribution in [0, 0.1) is 0 Å². The standard InChI is InChI=1S/C25H23BrClN3O4/c1-2-34-20-8-7-17(14-19(20)27)23(31)21-22(16-5-3-6-18(26)13-16)30(25(33)24(21)32)11-4-10-29-12-9-28-15-29/h3,5-9,12-15,22,31H,2,4,10-11H2,1H3/t22-/m0/s1. The van der Waals surface area contributed by atoms with Gasteiger partial charge in [0.2, 0.25) is 0 Å². The van der Waals surface area contributed by atoms with Gasteiger partial charge in [0.15, 0.2) is 0 Å². The van der Waals surface area contributed by atoms with Crippen molar-refractivity contribution in [2.45, 2.75) is 25.9 Å². The second-order valence-corrected chi connectivity index (χ2v) is 9.10. The maximum absolute atomic E-state index is 13.2. The number of benzene rings is 2. The van der Waals surface area contributed by atoms with Gasteiger partial charge in [-0.25, -0.2) is 4.98 Å². The van der Waals surface area contributed by atoms with Gasteiger partial charge in [-0.3, -0.25) is 9.59 Å². The number of imidazole rings is 1. The van der Waals surface area contributed by atoms with Crippen molar-refractivity contribution in [2.75, 3.05) is 13.2 Å². The number of ether oxygens (including phenoxy) is 1. The van der Waals surface area contributed by atoms with Crippen LogP contribution in [0.5, 0.6) is 5.75 Å². The summed E-state index contributed by atoms with van der Waals surface area (Å²) in [5.74, 6) is -1.17. The van der Waals surface area contributed by atoms with E-state index in [1.807, 2.05) is 42.0 Å². The van der Waals surface area contributed by atoms with Gasteiger partial charge < -0.3 is 19.3 Å². The molecular weight excluding hydrogens is 522 g/mol. The molecule has 1 aliphatic rings. The van der Waals surface area contributed by atoms with Gasteiger partial charge in [0.05, 0.1) is 29.6 Å². The third kappa shape index (κ3) is 4.88. The van der Waals surface area contributed by atoms with Gasteiger partial charge in [0.1, 0.15) is 11.5 Å². The number of likely N-dealkylation sites (tertiary alicyclic amines) is 1. The van der Waals surface area contributed by atoms with E-state index < -0.39 is 17.7 Å². The zero-order chi connectivity index (χ0) is 24.2. The highest BCUT2D eigenvalue weighted by atomic mass is 79.9. The van der Waals surface area contributed by atoms with Crippen LogP contribution < -0.4 is 4.74 Å². The molecule has 1 aromatic heterocycles. The van der Waals surface area contributed by atoms with Crippen LogP contribution in [0.3, 0.4) is 0 Å². The number of carbonyl (C=O) groups excluding carboxylic acids is 2. The number of hydrogen-bond donors (Lipinski definition) is 1. The normalized spacial score (nSPS) is 17.4. The molecule has 9 heteroatoms. The number of nitrogens with zero attached hydrogens (tertiary/aromatic N) is 3. The first-order valence-corrected chi connectivity index (χ1v) is 12.0. The molecule has 1 atom stereocenters. The molecule has 1 N–H and O–H groups in total. The number of aliphatic hydroxyl groups excluding tert-OH is 1. The fourth-order valence-electron chi connectivity index (χ4n) is 4.05. The Bertz CT molecular complexity index is 1240. The summed E-state index contributed by atoms with van der Waals surface area (Å²) in [6, 6.07) is 11.4. The van der Waals surface area contributed by atoms with Gasteiger partial charge in [-0.1, -0.05) is 39.7 Å². The number of aryl methyl sites for hydroxylation is 1. The highest BCUT2D eigenvalue weighted by Crippen LogP contribution is 2.41. The minimum atomic E-state index is -0.731. The van der Waals surface area contributed by atoms with Crippen LogP contribution in [0.15, 0.2) is 71.2 Å². The number of amides is 1. The average Bonchev–Trinajstić information content (AvgIpc) is 3.42. The van der Waals surface area contributed by atoms with Crippen LogP contribution in [-0.2, 0) is 16.1 Å². The first-order valence-electron chi connectivity index (χ1n) is 10.8. The Kier molecular flexibility index (Phi) is 7.38. The Morgan fingerprint density at radius 2 is 2.03 bits per heavy atom. The third-order valence-electron chi connectivity index (χ3n) is 5.58. The molecule has 34 heavy (non-hydrogen) atoms. The predicted molar refractivity (Wildman–Crippen MR) is 133 cm³/mol. The monoisotopic (exact) mass is 543 g/mol. The number of aromatic nitrogens is 2. The third-order valence-corrected chi connectivity index (χ3v) is 6.37. The van der Waals surface area contributed by atoms with E-state index in [2.05, 4.69) is 20.9 Å². The van der Waals surface area contributed by atoms with E-state index >= 15 is 0 Å². The summed E-state index contributed by atoms with van der Waals surface area (Å²) in [7, 11) is 0. The Morgan fingerprint density at radius 3 is 2.71 bits per heavy atom. The Balaban J connectivity index is 1.74. The van der Waals surface area contributed by atoms with Crippen LogP contribution >= 0.6 is 27.5 Å². The van der Waals surface area contributed by atoms with E-state index in [0.29, 0.717) is 42.5 Å². The second kappa shape index (κ2) is 10.4. The lowest BCUT2D eigenvalue weighted by Gasteiger charge is -2.25. The first kappa shape index (κ1) is 24.0. The molecule has 0 aliphatic carbocycles. The largest absolute Gasteiger partial charge is 0.507 e. The van der Waals surface area contributed by atoms with Crippen molar-refractivity contribution in [2.24, 2.45) is 0 Å². The van der Waals surface area contributed by atoms with E-state index in [1.54, 1.807) is 24.7 Å². The van der Waals surface area contributed by atoms with E-state index in [9.17, 15) is 14.7 Å². The fourth-order valence-corrected chi connectivity index (χ4v) is 4.70. The molecule has 1 amide bonds. The summed E-state index contributed by atoms with van der Waals surface area (Å²) >= 11 is 9.77. The Labute approximate surface area is 210 Å². The van der Waals surface area contributed by atoms with Gasteiger partial charge >= 0.3 is 0 Å². The molecule has 0 unspecified atom stereocenters. The summed E-state index contributed by atoms with van der Waals surface area (Å²) in [5.41, 5.74) is 1.09. The number of carbonyl (C=O) groups is 2. The molecule has 2 heterocycles. The van der Waals surface area contributed by atoms with Crippen molar-refractivity contribution in [1.29, 1.82) is 0 Å². The highest BCUT2D eigenvalue weighted by Gasteiger charge is 2.45. The highest BCUT2D eigenvalue weighted by molar-refractivity contribution is 9.10.